The molecule has 1 aliphatic rings. The number of nitriles is 1. The molecular weight excluding hydrogens is 392 g/mol. The number of hydrogen-bond acceptors (Lipinski definition) is 5. The number of ether oxygens (including phenoxy) is 2. The Morgan fingerprint density at radius 3 is 2.70 bits per heavy atom. The van der Waals surface area contributed by atoms with E-state index in [-0.39, 0.29) is 5.41 Å². The van der Waals surface area contributed by atoms with E-state index in [2.05, 4.69) is 33.8 Å². The fraction of sp³-hybridized carbons (Fsp3) is 0.520. The molecule has 160 valence electrons. The molecule has 0 spiro atoms. The van der Waals surface area contributed by atoms with Gasteiger partial charge < -0.3 is 9.47 Å². The molecule has 0 saturated heterocycles. The van der Waals surface area contributed by atoms with Crippen molar-refractivity contribution < 1.29 is 9.47 Å². The van der Waals surface area contributed by atoms with Crippen LogP contribution in [-0.2, 0) is 12.8 Å². The molecule has 0 bridgehead atoms. The van der Waals surface area contributed by atoms with Gasteiger partial charge in [0.15, 0.2) is 11.5 Å². The molecule has 0 unspecified atom stereocenters. The second-order valence-electron chi connectivity index (χ2n) is 8.85. The summed E-state index contributed by atoms with van der Waals surface area (Å²) >= 11 is 1.68. The van der Waals surface area contributed by atoms with E-state index in [1.807, 2.05) is 31.3 Å². The lowest BCUT2D eigenvalue weighted by Crippen LogP contribution is -2.26. The third-order valence-electron chi connectivity index (χ3n) is 5.64. The molecule has 30 heavy (non-hydrogen) atoms. The highest BCUT2D eigenvalue weighted by molar-refractivity contribution is 7.16. The van der Waals surface area contributed by atoms with Gasteiger partial charge in [-0.15, -0.1) is 11.3 Å². The summed E-state index contributed by atoms with van der Waals surface area (Å²) in [4.78, 5) is 6.04. The Balaban J connectivity index is 1.85. The molecule has 4 nitrogen and oxygen atoms in total. The maximum absolute atomic E-state index is 9.77. The summed E-state index contributed by atoms with van der Waals surface area (Å²) in [5, 5.41) is 10.6. The molecule has 5 heteroatoms. The van der Waals surface area contributed by atoms with Crippen LogP contribution in [0.25, 0.3) is 0 Å². The van der Waals surface area contributed by atoms with Crippen LogP contribution in [0.4, 0.5) is 5.00 Å². The summed E-state index contributed by atoms with van der Waals surface area (Å²) in [7, 11) is 0. The Bertz CT molecular complexity index is 947. The lowest BCUT2D eigenvalue weighted by molar-refractivity contribution is 0.218. The molecule has 1 aromatic carbocycles. The molecule has 1 atom stereocenters. The highest BCUT2D eigenvalue weighted by Gasteiger charge is 2.32. The van der Waals surface area contributed by atoms with Crippen molar-refractivity contribution in [3.05, 3.63) is 39.8 Å². The number of hydrogen-bond donors (Lipinski definition) is 0. The van der Waals surface area contributed by atoms with Crippen molar-refractivity contribution in [2.24, 2.45) is 16.3 Å². The fourth-order valence-corrected chi connectivity index (χ4v) is 5.08. The molecule has 0 aliphatic heterocycles. The minimum absolute atomic E-state index is 0.287. The van der Waals surface area contributed by atoms with Gasteiger partial charge >= 0.3 is 0 Å². The molecular formula is C25H32N2O2S. The molecule has 3 rings (SSSR count). The van der Waals surface area contributed by atoms with Crippen molar-refractivity contribution in [2.45, 2.75) is 60.3 Å². The summed E-state index contributed by atoms with van der Waals surface area (Å²) in [5.74, 6) is 2.14. The van der Waals surface area contributed by atoms with Crippen LogP contribution in [0.15, 0.2) is 23.2 Å². The Morgan fingerprint density at radius 2 is 2.03 bits per heavy atom. The van der Waals surface area contributed by atoms with Gasteiger partial charge in [0.05, 0.1) is 18.8 Å². The van der Waals surface area contributed by atoms with Gasteiger partial charge in [-0.25, -0.2) is 4.99 Å². The highest BCUT2D eigenvalue weighted by Crippen LogP contribution is 2.44. The summed E-state index contributed by atoms with van der Waals surface area (Å²) in [6.45, 7) is 12.2. The number of rotatable bonds is 7. The zero-order valence-electron chi connectivity index (χ0n) is 18.7. The number of nitrogens with zero attached hydrogens (tertiary/aromatic N) is 2. The normalized spacial score (nSPS) is 16.3. The Morgan fingerprint density at radius 1 is 1.23 bits per heavy atom. The van der Waals surface area contributed by atoms with Gasteiger partial charge in [0.25, 0.3) is 0 Å². The number of fused-ring (bicyclic) bond motifs is 1. The van der Waals surface area contributed by atoms with Gasteiger partial charge in [0, 0.05) is 11.1 Å². The van der Waals surface area contributed by atoms with Crippen LogP contribution >= 0.6 is 11.3 Å². The molecule has 0 fully saturated rings. The quantitative estimate of drug-likeness (QED) is 0.464. The van der Waals surface area contributed by atoms with E-state index < -0.39 is 0 Å². The summed E-state index contributed by atoms with van der Waals surface area (Å²) in [6.07, 6.45) is 5.94. The van der Waals surface area contributed by atoms with Gasteiger partial charge in [0.2, 0.25) is 0 Å². The highest BCUT2D eigenvalue weighted by atomic mass is 32.1. The van der Waals surface area contributed by atoms with Crippen LogP contribution in [0.1, 0.15) is 69.0 Å². The molecule has 0 radical (unpaired) electrons. The first-order valence-corrected chi connectivity index (χ1v) is 11.7. The van der Waals surface area contributed by atoms with Gasteiger partial charge in [-0.05, 0) is 73.3 Å². The Labute approximate surface area is 184 Å². The minimum Gasteiger partial charge on any atom is -0.490 e. The first-order valence-electron chi connectivity index (χ1n) is 10.9. The average Bonchev–Trinajstić information content (AvgIpc) is 3.07. The van der Waals surface area contributed by atoms with Crippen LogP contribution in [0.3, 0.4) is 0 Å². The molecule has 1 heterocycles. The zero-order valence-corrected chi connectivity index (χ0v) is 19.6. The summed E-state index contributed by atoms with van der Waals surface area (Å²) in [6, 6.07) is 8.27. The maximum atomic E-state index is 9.77. The molecule has 0 saturated carbocycles. The second-order valence-corrected chi connectivity index (χ2v) is 9.93. The topological polar surface area (TPSA) is 54.6 Å². The summed E-state index contributed by atoms with van der Waals surface area (Å²) in [5.41, 5.74) is 3.19. The van der Waals surface area contributed by atoms with Crippen LogP contribution in [-0.4, -0.2) is 19.4 Å². The van der Waals surface area contributed by atoms with Crippen LogP contribution in [0.5, 0.6) is 11.5 Å². The Hall–Kier alpha value is -2.32. The van der Waals surface area contributed by atoms with Crippen LogP contribution in [0, 0.1) is 22.7 Å². The lowest BCUT2D eigenvalue weighted by atomic mass is 9.72. The van der Waals surface area contributed by atoms with Gasteiger partial charge in [-0.3, -0.25) is 0 Å². The van der Waals surface area contributed by atoms with Crippen molar-refractivity contribution >= 4 is 22.6 Å². The SMILES string of the molecule is CCCOc1ccc(C=Nc2sc3c(c2C#N)CC[C@@H](C(C)(C)C)C3)cc1OCC. The van der Waals surface area contributed by atoms with E-state index in [9.17, 15) is 5.26 Å². The third kappa shape index (κ3) is 5.05. The second kappa shape index (κ2) is 9.66. The maximum Gasteiger partial charge on any atom is 0.161 e. The molecule has 1 aliphatic carbocycles. The third-order valence-corrected chi connectivity index (χ3v) is 6.81. The van der Waals surface area contributed by atoms with Crippen molar-refractivity contribution in [1.29, 1.82) is 5.26 Å². The first-order chi connectivity index (χ1) is 14.4. The van der Waals surface area contributed by atoms with Crippen LogP contribution in [0.2, 0.25) is 0 Å². The lowest BCUT2D eigenvalue weighted by Gasteiger charge is -2.33. The molecule has 1 aromatic heterocycles. The summed E-state index contributed by atoms with van der Waals surface area (Å²) < 4.78 is 11.5. The number of aliphatic imine (C=N–C) groups is 1. The molecule has 0 N–H and O–H groups in total. The van der Waals surface area contributed by atoms with E-state index in [0.29, 0.717) is 19.1 Å². The van der Waals surface area contributed by atoms with Gasteiger partial charge in [0.1, 0.15) is 11.1 Å². The molecule has 0 amide bonds. The van der Waals surface area contributed by atoms with Crippen molar-refractivity contribution in [3.8, 4) is 17.6 Å². The van der Waals surface area contributed by atoms with E-state index in [4.69, 9.17) is 14.5 Å². The standard InChI is InChI=1S/C25H32N2O2S/c1-6-12-29-21-11-8-17(13-22(21)28-7-2)16-27-24-20(15-26)19-10-9-18(25(3,4)5)14-23(19)30-24/h8,11,13,16,18H,6-7,9-10,12,14H2,1-5H3/t18-/m1/s1. The van der Waals surface area contributed by atoms with E-state index in [0.717, 1.165) is 53.3 Å². The van der Waals surface area contributed by atoms with Crippen molar-refractivity contribution in [3.63, 3.8) is 0 Å². The number of benzene rings is 1. The van der Waals surface area contributed by atoms with Crippen molar-refractivity contribution in [1.82, 2.24) is 0 Å². The van der Waals surface area contributed by atoms with Crippen LogP contribution < -0.4 is 9.47 Å². The van der Waals surface area contributed by atoms with E-state index >= 15 is 0 Å². The predicted octanol–water partition coefficient (Wildman–Crippen LogP) is 6.71. The predicted molar refractivity (Wildman–Crippen MR) is 125 cm³/mol. The number of thiophene rings is 1. The van der Waals surface area contributed by atoms with E-state index in [1.54, 1.807) is 11.3 Å². The molecule has 2 aromatic rings. The minimum atomic E-state index is 0.287. The fourth-order valence-electron chi connectivity index (χ4n) is 3.85. The average molecular weight is 425 g/mol. The first kappa shape index (κ1) is 22.4. The zero-order chi connectivity index (χ0) is 21.7. The largest absolute Gasteiger partial charge is 0.490 e. The van der Waals surface area contributed by atoms with Gasteiger partial charge in [-0.2, -0.15) is 5.26 Å². The van der Waals surface area contributed by atoms with E-state index in [1.165, 1.54) is 10.4 Å². The van der Waals surface area contributed by atoms with Gasteiger partial charge in [-0.1, -0.05) is 27.7 Å². The monoisotopic (exact) mass is 424 g/mol. The van der Waals surface area contributed by atoms with Crippen molar-refractivity contribution in [2.75, 3.05) is 13.2 Å². The Kier molecular flexibility index (Phi) is 7.20. The smallest absolute Gasteiger partial charge is 0.161 e.